The molecule has 1 aliphatic heterocycles. The van der Waals surface area contributed by atoms with Gasteiger partial charge in [0.15, 0.2) is 0 Å². The predicted octanol–water partition coefficient (Wildman–Crippen LogP) is 3.31. The van der Waals surface area contributed by atoms with Gasteiger partial charge in [-0.25, -0.2) is 14.5 Å². The number of amides is 4. The third-order valence-corrected chi connectivity index (χ3v) is 4.45. The van der Waals surface area contributed by atoms with Gasteiger partial charge in [0.05, 0.1) is 11.3 Å². The number of para-hydroxylation sites is 1. The van der Waals surface area contributed by atoms with E-state index >= 15 is 0 Å². The second kappa shape index (κ2) is 7.51. The van der Waals surface area contributed by atoms with Crippen molar-refractivity contribution in [3.8, 4) is 11.3 Å². The van der Waals surface area contributed by atoms with Crippen molar-refractivity contribution < 1.29 is 28.7 Å². The molecule has 2 heterocycles. The van der Waals surface area contributed by atoms with Gasteiger partial charge in [-0.2, -0.15) is 0 Å². The first-order valence-corrected chi connectivity index (χ1v) is 8.85. The number of anilines is 1. The minimum Gasteiger partial charge on any atom is -0.478 e. The number of hydrogen-bond donors (Lipinski definition) is 2. The van der Waals surface area contributed by atoms with Crippen LogP contribution in [-0.2, 0) is 9.59 Å². The number of carboxylic acids is 1. The minimum absolute atomic E-state index is 0.0541. The fraction of sp³-hybridized carbons (Fsp3) is 0. The topological polar surface area (TPSA) is 117 Å². The van der Waals surface area contributed by atoms with E-state index in [4.69, 9.17) is 4.42 Å². The van der Waals surface area contributed by atoms with E-state index in [0.717, 1.165) is 4.90 Å². The number of rotatable bonds is 4. The zero-order valence-electron chi connectivity index (χ0n) is 15.4. The van der Waals surface area contributed by atoms with Crippen molar-refractivity contribution in [2.45, 2.75) is 0 Å². The average Bonchev–Trinajstić information content (AvgIpc) is 3.20. The third-order valence-electron chi connectivity index (χ3n) is 4.45. The number of imide groups is 2. The lowest BCUT2D eigenvalue weighted by Crippen LogP contribution is -2.54. The van der Waals surface area contributed by atoms with Crippen LogP contribution in [0.3, 0.4) is 0 Å². The van der Waals surface area contributed by atoms with Gasteiger partial charge in [0.1, 0.15) is 17.1 Å². The maximum Gasteiger partial charge on any atom is 0.336 e. The van der Waals surface area contributed by atoms with Crippen molar-refractivity contribution in [1.82, 2.24) is 5.32 Å². The fourth-order valence-electron chi connectivity index (χ4n) is 3.07. The van der Waals surface area contributed by atoms with Crippen molar-refractivity contribution in [2.24, 2.45) is 0 Å². The zero-order chi connectivity index (χ0) is 21.3. The summed E-state index contributed by atoms with van der Waals surface area (Å²) in [7, 11) is 0. The molecule has 0 atom stereocenters. The number of aromatic carboxylic acids is 1. The fourth-order valence-corrected chi connectivity index (χ4v) is 3.07. The molecule has 8 heteroatoms. The molecule has 30 heavy (non-hydrogen) atoms. The summed E-state index contributed by atoms with van der Waals surface area (Å²) in [6.07, 6.45) is 1.22. The number of carbonyl (C=O) groups is 4. The summed E-state index contributed by atoms with van der Waals surface area (Å²) >= 11 is 0. The van der Waals surface area contributed by atoms with E-state index in [1.807, 2.05) is 0 Å². The van der Waals surface area contributed by atoms with Gasteiger partial charge in [-0.1, -0.05) is 36.4 Å². The monoisotopic (exact) mass is 402 g/mol. The van der Waals surface area contributed by atoms with Crippen LogP contribution in [0.15, 0.2) is 76.7 Å². The Labute approximate surface area is 170 Å². The smallest absolute Gasteiger partial charge is 0.336 e. The number of furan rings is 1. The van der Waals surface area contributed by atoms with Crippen LogP contribution < -0.4 is 10.2 Å². The van der Waals surface area contributed by atoms with E-state index in [9.17, 15) is 24.3 Å². The van der Waals surface area contributed by atoms with Crippen LogP contribution in [0.1, 0.15) is 16.1 Å². The summed E-state index contributed by atoms with van der Waals surface area (Å²) in [5.41, 5.74) is 0.438. The van der Waals surface area contributed by atoms with Gasteiger partial charge in [0.25, 0.3) is 11.8 Å². The van der Waals surface area contributed by atoms with Gasteiger partial charge in [0.2, 0.25) is 0 Å². The Kier molecular flexibility index (Phi) is 4.73. The maximum atomic E-state index is 12.8. The Hall–Kier alpha value is -4.46. The molecule has 0 bridgehead atoms. The number of carbonyl (C=O) groups excluding carboxylic acids is 3. The number of urea groups is 1. The molecule has 4 rings (SSSR count). The molecule has 8 nitrogen and oxygen atoms in total. The molecule has 0 radical (unpaired) electrons. The number of nitrogens with one attached hydrogen (secondary N) is 1. The molecule has 1 saturated heterocycles. The SMILES string of the molecule is O=C1NC(=O)N(c2ccccc2)C(=O)/C1=C/c1ccc(-c2ccccc2C(=O)O)o1. The first kappa shape index (κ1) is 18.9. The van der Waals surface area contributed by atoms with E-state index in [0.29, 0.717) is 11.3 Å². The molecule has 4 amide bonds. The predicted molar refractivity (Wildman–Crippen MR) is 107 cm³/mol. The van der Waals surface area contributed by atoms with Crippen molar-refractivity contribution in [2.75, 3.05) is 4.90 Å². The lowest BCUT2D eigenvalue weighted by atomic mass is 10.1. The van der Waals surface area contributed by atoms with E-state index < -0.39 is 23.8 Å². The standard InChI is InChI=1S/C22H14N2O6/c25-19-17(20(26)24(22(29)23-19)13-6-2-1-3-7-13)12-14-10-11-18(30-14)15-8-4-5-9-16(15)21(27)28/h1-12H,(H,27,28)(H,23,25,29)/b17-12+. The van der Waals surface area contributed by atoms with Crippen LogP contribution in [0.5, 0.6) is 0 Å². The first-order chi connectivity index (χ1) is 14.5. The molecule has 1 aliphatic rings. The Bertz CT molecular complexity index is 1210. The molecule has 0 spiro atoms. The quantitative estimate of drug-likeness (QED) is 0.511. The summed E-state index contributed by atoms with van der Waals surface area (Å²) in [6.45, 7) is 0. The Morgan fingerprint density at radius 1 is 0.933 bits per heavy atom. The first-order valence-electron chi connectivity index (χ1n) is 8.85. The van der Waals surface area contributed by atoms with Crippen molar-refractivity contribution >= 4 is 35.6 Å². The van der Waals surface area contributed by atoms with Gasteiger partial charge < -0.3 is 9.52 Å². The van der Waals surface area contributed by atoms with Gasteiger partial charge in [-0.05, 0) is 36.4 Å². The Morgan fingerprint density at radius 3 is 2.37 bits per heavy atom. The molecule has 0 aliphatic carbocycles. The van der Waals surface area contributed by atoms with Gasteiger partial charge >= 0.3 is 12.0 Å². The summed E-state index contributed by atoms with van der Waals surface area (Å²) in [5.74, 6) is -2.33. The molecule has 0 unspecified atom stereocenters. The Morgan fingerprint density at radius 2 is 1.63 bits per heavy atom. The lowest BCUT2D eigenvalue weighted by molar-refractivity contribution is -0.122. The lowest BCUT2D eigenvalue weighted by Gasteiger charge is -2.26. The second-order valence-electron chi connectivity index (χ2n) is 6.35. The molecule has 2 N–H and O–H groups in total. The minimum atomic E-state index is -1.11. The maximum absolute atomic E-state index is 12.8. The van der Waals surface area contributed by atoms with E-state index in [1.54, 1.807) is 54.6 Å². The highest BCUT2D eigenvalue weighted by atomic mass is 16.4. The number of carboxylic acid groups (broad SMARTS) is 1. The molecule has 1 aromatic heterocycles. The normalized spacial score (nSPS) is 15.4. The Balaban J connectivity index is 1.70. The molecule has 0 saturated carbocycles. The number of barbiturate groups is 1. The highest BCUT2D eigenvalue weighted by Gasteiger charge is 2.37. The number of hydrogen-bond acceptors (Lipinski definition) is 5. The number of nitrogens with zero attached hydrogens (tertiary/aromatic N) is 1. The van der Waals surface area contributed by atoms with Crippen LogP contribution >= 0.6 is 0 Å². The van der Waals surface area contributed by atoms with Gasteiger partial charge in [-0.3, -0.25) is 14.9 Å². The highest BCUT2D eigenvalue weighted by molar-refractivity contribution is 6.39. The van der Waals surface area contributed by atoms with Gasteiger partial charge in [0, 0.05) is 5.56 Å². The summed E-state index contributed by atoms with van der Waals surface area (Å²) < 4.78 is 5.65. The summed E-state index contributed by atoms with van der Waals surface area (Å²) in [4.78, 5) is 49.5. The largest absolute Gasteiger partial charge is 0.478 e. The van der Waals surface area contributed by atoms with Crippen molar-refractivity contribution in [3.05, 3.63) is 83.6 Å². The van der Waals surface area contributed by atoms with Gasteiger partial charge in [-0.15, -0.1) is 0 Å². The van der Waals surface area contributed by atoms with E-state index in [2.05, 4.69) is 5.32 Å². The van der Waals surface area contributed by atoms with Crippen LogP contribution in [-0.4, -0.2) is 28.9 Å². The van der Waals surface area contributed by atoms with E-state index in [-0.39, 0.29) is 22.7 Å². The molecule has 1 fully saturated rings. The molecule has 2 aromatic carbocycles. The molecule has 148 valence electrons. The summed E-state index contributed by atoms with van der Waals surface area (Å²) in [6, 6.07) is 16.7. The highest BCUT2D eigenvalue weighted by Crippen LogP contribution is 2.28. The number of benzene rings is 2. The van der Waals surface area contributed by atoms with Crippen molar-refractivity contribution in [1.29, 1.82) is 0 Å². The van der Waals surface area contributed by atoms with Crippen LogP contribution in [0, 0.1) is 0 Å². The van der Waals surface area contributed by atoms with E-state index in [1.165, 1.54) is 18.2 Å². The third kappa shape index (κ3) is 3.37. The van der Waals surface area contributed by atoms with Crippen LogP contribution in [0.25, 0.3) is 17.4 Å². The summed E-state index contributed by atoms with van der Waals surface area (Å²) in [5, 5.41) is 11.5. The van der Waals surface area contributed by atoms with Crippen LogP contribution in [0.2, 0.25) is 0 Å². The molecule has 3 aromatic rings. The van der Waals surface area contributed by atoms with Crippen LogP contribution in [0.4, 0.5) is 10.5 Å². The second-order valence-corrected chi connectivity index (χ2v) is 6.35. The van der Waals surface area contributed by atoms with Crippen molar-refractivity contribution in [3.63, 3.8) is 0 Å². The molecular weight excluding hydrogens is 388 g/mol. The zero-order valence-corrected chi connectivity index (χ0v) is 15.4. The molecular formula is C22H14N2O6. The average molecular weight is 402 g/mol.